The number of benzene rings is 3. The molecule has 0 N–H and O–H groups in total. The van der Waals surface area contributed by atoms with Crippen LogP contribution in [0.5, 0.6) is 0 Å². The molecule has 0 aliphatic heterocycles. The van der Waals surface area contributed by atoms with Crippen LogP contribution in [0.2, 0.25) is 6.55 Å². The predicted molar refractivity (Wildman–Crippen MR) is 194 cm³/mol. The molecule has 5 aromatic carbocycles. The average Bonchev–Trinajstić information content (AvgIpc) is 3.41. The van der Waals surface area contributed by atoms with Crippen molar-refractivity contribution in [3.05, 3.63) is 111 Å². The van der Waals surface area contributed by atoms with Crippen molar-refractivity contribution < 1.29 is 20.8 Å². The second-order valence-corrected chi connectivity index (χ2v) is 18.3. The Labute approximate surface area is 283 Å². The van der Waals surface area contributed by atoms with E-state index in [0.717, 1.165) is 9.52 Å². The Balaban J connectivity index is 0.000000226. The van der Waals surface area contributed by atoms with Gasteiger partial charge in [-0.1, -0.05) is 148 Å². The van der Waals surface area contributed by atoms with Gasteiger partial charge in [-0.15, -0.1) is 68.1 Å². The minimum atomic E-state index is -0.826. The van der Waals surface area contributed by atoms with Gasteiger partial charge >= 0.3 is 37.9 Å². The Kier molecular flexibility index (Phi) is 14.2. The Morgan fingerprint density at radius 3 is 1.21 bits per heavy atom. The zero-order valence-electron chi connectivity index (χ0n) is 28.6. The summed E-state index contributed by atoms with van der Waals surface area (Å²) in [7, 11) is 10.8. The SMILES string of the molecule is C[Si]c1ccccc1.Cc1[cH-]c2c(C)ccc(C(C)(C)C)c2c1C.Cc1[cH-]c2c(C)ccc(C(C)(C)C)c2c1C.[Cl][Zr+2][Cl]. The molecular weight excluding hydrogens is 659 g/mol. The summed E-state index contributed by atoms with van der Waals surface area (Å²) in [6.45, 7) is 29.2. The zero-order chi connectivity index (χ0) is 32.7. The van der Waals surface area contributed by atoms with Gasteiger partial charge in [-0.05, 0) is 10.8 Å². The molecule has 0 fully saturated rings. The van der Waals surface area contributed by atoms with Gasteiger partial charge in [-0.25, -0.2) is 0 Å². The predicted octanol–water partition coefficient (Wildman–Crippen LogP) is 12.0. The van der Waals surface area contributed by atoms with E-state index in [0.29, 0.717) is 0 Å². The number of hydrogen-bond acceptors (Lipinski definition) is 0. The van der Waals surface area contributed by atoms with Crippen molar-refractivity contribution in [2.24, 2.45) is 0 Å². The van der Waals surface area contributed by atoms with Crippen molar-refractivity contribution in [1.29, 1.82) is 0 Å². The van der Waals surface area contributed by atoms with E-state index in [1.54, 1.807) is 0 Å². The van der Waals surface area contributed by atoms with Crippen LogP contribution in [0.4, 0.5) is 0 Å². The Morgan fingerprint density at radius 1 is 0.581 bits per heavy atom. The van der Waals surface area contributed by atoms with Gasteiger partial charge in [0.1, 0.15) is 0 Å². The van der Waals surface area contributed by atoms with Gasteiger partial charge in [0.05, 0.1) is 9.52 Å². The summed E-state index contributed by atoms with van der Waals surface area (Å²) >= 11 is -0.826. The topological polar surface area (TPSA) is 0 Å². The van der Waals surface area contributed by atoms with Crippen LogP contribution in [0.25, 0.3) is 21.5 Å². The third-order valence-corrected chi connectivity index (χ3v) is 9.17. The average molecular weight is 709 g/mol. The summed E-state index contributed by atoms with van der Waals surface area (Å²) in [5.41, 5.74) is 11.9. The van der Waals surface area contributed by atoms with E-state index in [-0.39, 0.29) is 10.8 Å². The molecule has 4 heteroatoms. The number of aryl methyl sites for hydroxylation is 6. The first kappa shape index (κ1) is 37.7. The van der Waals surface area contributed by atoms with Gasteiger partial charge in [-0.2, -0.15) is 11.1 Å². The summed E-state index contributed by atoms with van der Waals surface area (Å²) in [6, 6.07) is 24.3. The molecule has 0 aromatic heterocycles. The van der Waals surface area contributed by atoms with Crippen LogP contribution in [-0.4, -0.2) is 9.52 Å². The summed E-state index contributed by atoms with van der Waals surface area (Å²) in [5, 5.41) is 7.26. The fourth-order valence-electron chi connectivity index (χ4n) is 5.53. The number of halogens is 2. The van der Waals surface area contributed by atoms with E-state index in [4.69, 9.17) is 17.0 Å². The first-order chi connectivity index (χ1) is 20.0. The van der Waals surface area contributed by atoms with Gasteiger partial charge in [0.2, 0.25) is 0 Å². The van der Waals surface area contributed by atoms with Crippen molar-refractivity contribution in [3.8, 4) is 0 Å². The summed E-state index contributed by atoms with van der Waals surface area (Å²) in [5.74, 6) is 0. The first-order valence-corrected chi connectivity index (χ1v) is 22.8. The van der Waals surface area contributed by atoms with E-state index in [1.807, 2.05) is 6.07 Å². The molecule has 0 amide bonds. The molecule has 0 heterocycles. The standard InChI is InChI=1S/2C16H21.C7H8Si.2ClH.Zr/c2*1-10-7-8-14(16(4,5)6)15-12(3)11(2)9-13(10)15;1-8-7-5-3-2-4-6-7;;;/h2*7-9H,1-6H3;2-6H,1H3;2*1H;/q2*-1;;;;+4/p-2. The van der Waals surface area contributed by atoms with E-state index in [9.17, 15) is 0 Å². The van der Waals surface area contributed by atoms with Crippen LogP contribution in [0, 0.1) is 41.5 Å². The third kappa shape index (κ3) is 9.77. The van der Waals surface area contributed by atoms with Crippen LogP contribution in [0.15, 0.2) is 66.7 Å². The molecule has 0 aliphatic carbocycles. The molecule has 0 unspecified atom stereocenters. The van der Waals surface area contributed by atoms with Crippen LogP contribution in [0.1, 0.15) is 86.1 Å². The molecule has 43 heavy (non-hydrogen) atoms. The molecular formula is C39H50Cl2SiZr. The Bertz CT molecular complexity index is 1510. The molecule has 0 bridgehead atoms. The fourth-order valence-corrected chi connectivity index (χ4v) is 6.05. The van der Waals surface area contributed by atoms with Gasteiger partial charge in [0.25, 0.3) is 0 Å². The monoisotopic (exact) mass is 706 g/mol. The van der Waals surface area contributed by atoms with Crippen molar-refractivity contribution in [1.82, 2.24) is 0 Å². The van der Waals surface area contributed by atoms with E-state index in [2.05, 4.69) is 150 Å². The summed E-state index contributed by atoms with van der Waals surface area (Å²) < 4.78 is 0. The van der Waals surface area contributed by atoms with Gasteiger partial charge < -0.3 is 0 Å². The Hall–Kier alpha value is -1.44. The van der Waals surface area contributed by atoms with E-state index in [1.165, 1.54) is 71.2 Å². The van der Waals surface area contributed by atoms with Crippen LogP contribution < -0.4 is 5.19 Å². The van der Waals surface area contributed by atoms with E-state index >= 15 is 0 Å². The second-order valence-electron chi connectivity index (χ2n) is 13.5. The molecule has 0 saturated heterocycles. The zero-order valence-corrected chi connectivity index (χ0v) is 33.6. The van der Waals surface area contributed by atoms with Gasteiger partial charge in [0.15, 0.2) is 0 Å². The van der Waals surface area contributed by atoms with Crippen LogP contribution >= 0.6 is 17.0 Å². The molecule has 0 atom stereocenters. The first-order valence-electron chi connectivity index (χ1n) is 15.0. The summed E-state index contributed by atoms with van der Waals surface area (Å²) in [6.07, 6.45) is 0. The van der Waals surface area contributed by atoms with Gasteiger partial charge in [-0.3, -0.25) is 0 Å². The molecule has 5 aromatic rings. The van der Waals surface area contributed by atoms with Crippen molar-refractivity contribution >= 4 is 53.3 Å². The van der Waals surface area contributed by atoms with Crippen LogP contribution in [-0.2, 0) is 31.7 Å². The maximum atomic E-state index is 4.93. The molecule has 0 spiro atoms. The number of fused-ring (bicyclic) bond motifs is 2. The second kappa shape index (κ2) is 16.2. The Morgan fingerprint density at radius 2 is 0.930 bits per heavy atom. The molecule has 0 aliphatic rings. The molecule has 228 valence electrons. The summed E-state index contributed by atoms with van der Waals surface area (Å²) in [4.78, 5) is 0. The van der Waals surface area contributed by atoms with Crippen molar-refractivity contribution in [3.63, 3.8) is 0 Å². The minimum absolute atomic E-state index is 0.220. The van der Waals surface area contributed by atoms with Crippen molar-refractivity contribution in [2.75, 3.05) is 0 Å². The normalized spacial score (nSPS) is 11.1. The van der Waals surface area contributed by atoms with Crippen LogP contribution in [0.3, 0.4) is 0 Å². The number of hydrogen-bond donors (Lipinski definition) is 0. The third-order valence-electron chi connectivity index (χ3n) is 8.26. The number of rotatable bonds is 1. The van der Waals surface area contributed by atoms with Gasteiger partial charge in [0, 0.05) is 0 Å². The van der Waals surface area contributed by atoms with Crippen molar-refractivity contribution in [2.45, 2.75) is 100 Å². The molecule has 0 saturated carbocycles. The van der Waals surface area contributed by atoms with E-state index < -0.39 is 20.8 Å². The molecule has 2 radical (unpaired) electrons. The fraction of sp³-hybridized carbons (Fsp3) is 0.385. The molecule has 5 rings (SSSR count). The molecule has 0 nitrogen and oxygen atoms in total. The maximum absolute atomic E-state index is 4.93. The quantitative estimate of drug-likeness (QED) is 0.120.